The van der Waals surface area contributed by atoms with Crippen molar-refractivity contribution in [3.8, 4) is 5.75 Å². The molecule has 19 heavy (non-hydrogen) atoms. The van der Waals surface area contributed by atoms with Crippen molar-refractivity contribution in [2.24, 2.45) is 0 Å². The van der Waals surface area contributed by atoms with Gasteiger partial charge in [-0.25, -0.2) is 0 Å². The first-order valence-corrected chi connectivity index (χ1v) is 6.23. The van der Waals surface area contributed by atoms with Gasteiger partial charge in [-0.15, -0.1) is 0 Å². The van der Waals surface area contributed by atoms with E-state index in [-0.39, 0.29) is 11.7 Å². The number of carbonyl (C=O) groups excluding carboxylic acids is 1. The Morgan fingerprint density at radius 2 is 1.95 bits per heavy atom. The summed E-state index contributed by atoms with van der Waals surface area (Å²) in [4.78, 5) is 12.1. The van der Waals surface area contributed by atoms with Gasteiger partial charge in [-0.3, -0.25) is 4.79 Å². The second kappa shape index (κ2) is 5.33. The highest BCUT2D eigenvalue weighted by Crippen LogP contribution is 2.25. The summed E-state index contributed by atoms with van der Waals surface area (Å²) in [6, 6.07) is 10.3. The van der Waals surface area contributed by atoms with Gasteiger partial charge in [-0.1, -0.05) is 23.7 Å². The molecule has 0 heterocycles. The van der Waals surface area contributed by atoms with Crippen LogP contribution in [0.2, 0.25) is 5.02 Å². The lowest BCUT2D eigenvalue weighted by Crippen LogP contribution is -2.13. The molecule has 0 bridgehead atoms. The smallest absolute Gasteiger partial charge is 0.256 e. The molecule has 0 aliphatic heterocycles. The number of aromatic hydroxyl groups is 1. The van der Waals surface area contributed by atoms with Crippen molar-refractivity contribution >= 4 is 23.2 Å². The lowest BCUT2D eigenvalue weighted by atomic mass is 10.1. The highest BCUT2D eigenvalue weighted by atomic mass is 35.5. The normalized spacial score (nSPS) is 10.3. The van der Waals surface area contributed by atoms with E-state index in [2.05, 4.69) is 5.32 Å². The van der Waals surface area contributed by atoms with Gasteiger partial charge in [-0.2, -0.15) is 0 Å². The minimum Gasteiger partial charge on any atom is -0.508 e. The van der Waals surface area contributed by atoms with Gasteiger partial charge in [0.15, 0.2) is 0 Å². The fourth-order valence-corrected chi connectivity index (χ4v) is 2.06. The average molecular weight is 276 g/mol. The van der Waals surface area contributed by atoms with Crippen LogP contribution in [0.25, 0.3) is 0 Å². The summed E-state index contributed by atoms with van der Waals surface area (Å²) in [7, 11) is 0. The van der Waals surface area contributed by atoms with Crippen molar-refractivity contribution in [2.75, 3.05) is 5.32 Å². The SMILES string of the molecule is Cc1ccc(NC(=O)c2cccc(O)c2C)c(Cl)c1. The van der Waals surface area contributed by atoms with Crippen LogP contribution in [0.5, 0.6) is 5.75 Å². The number of phenolic OH excluding ortho intramolecular Hbond substituents is 1. The zero-order valence-electron chi connectivity index (χ0n) is 10.7. The summed E-state index contributed by atoms with van der Waals surface area (Å²) in [6.07, 6.45) is 0. The largest absolute Gasteiger partial charge is 0.508 e. The first-order valence-electron chi connectivity index (χ1n) is 5.85. The molecule has 0 fully saturated rings. The minimum atomic E-state index is -0.292. The van der Waals surface area contributed by atoms with Crippen LogP contribution in [0.1, 0.15) is 21.5 Å². The van der Waals surface area contributed by atoms with E-state index >= 15 is 0 Å². The second-order valence-corrected chi connectivity index (χ2v) is 4.79. The molecule has 0 aliphatic carbocycles. The maximum atomic E-state index is 12.1. The zero-order valence-corrected chi connectivity index (χ0v) is 11.5. The summed E-state index contributed by atoms with van der Waals surface area (Å²) < 4.78 is 0. The van der Waals surface area contributed by atoms with E-state index in [1.165, 1.54) is 0 Å². The number of phenols is 1. The number of aryl methyl sites for hydroxylation is 1. The molecular formula is C15H14ClNO2. The first-order chi connectivity index (χ1) is 8.99. The third-order valence-corrected chi connectivity index (χ3v) is 3.24. The van der Waals surface area contributed by atoms with Crippen LogP contribution < -0.4 is 5.32 Å². The molecule has 2 rings (SSSR count). The maximum Gasteiger partial charge on any atom is 0.256 e. The van der Waals surface area contributed by atoms with Crippen molar-refractivity contribution in [3.63, 3.8) is 0 Å². The van der Waals surface area contributed by atoms with Gasteiger partial charge >= 0.3 is 0 Å². The molecular weight excluding hydrogens is 262 g/mol. The number of benzene rings is 2. The fourth-order valence-electron chi connectivity index (χ4n) is 1.78. The summed E-state index contributed by atoms with van der Waals surface area (Å²) >= 11 is 6.07. The van der Waals surface area contributed by atoms with Crippen molar-refractivity contribution in [1.82, 2.24) is 0 Å². The Labute approximate surface area is 116 Å². The Kier molecular flexibility index (Phi) is 3.76. The third-order valence-electron chi connectivity index (χ3n) is 2.92. The molecule has 4 heteroatoms. The standard InChI is InChI=1S/C15H14ClNO2/c1-9-6-7-13(12(16)8-9)17-15(19)11-4-3-5-14(18)10(11)2/h3-8,18H,1-2H3,(H,17,19). The zero-order chi connectivity index (χ0) is 14.0. The van der Waals surface area contributed by atoms with E-state index in [4.69, 9.17) is 11.6 Å². The summed E-state index contributed by atoms with van der Waals surface area (Å²) in [6.45, 7) is 3.62. The molecule has 2 aromatic carbocycles. The predicted molar refractivity (Wildman–Crippen MR) is 77.0 cm³/mol. The van der Waals surface area contributed by atoms with Gasteiger partial charge in [-0.05, 0) is 43.7 Å². The van der Waals surface area contributed by atoms with Gasteiger partial charge < -0.3 is 10.4 Å². The Bertz CT molecular complexity index is 638. The first kappa shape index (κ1) is 13.4. The number of halogens is 1. The molecule has 0 unspecified atom stereocenters. The number of carbonyl (C=O) groups is 1. The van der Waals surface area contributed by atoms with Gasteiger partial charge in [0.1, 0.15) is 5.75 Å². The number of hydrogen-bond acceptors (Lipinski definition) is 2. The molecule has 0 atom stereocenters. The summed E-state index contributed by atoms with van der Waals surface area (Å²) in [5.74, 6) is -0.193. The van der Waals surface area contributed by atoms with Crippen LogP contribution in [0.4, 0.5) is 5.69 Å². The number of hydrogen-bond donors (Lipinski definition) is 2. The second-order valence-electron chi connectivity index (χ2n) is 4.39. The van der Waals surface area contributed by atoms with Crippen molar-refractivity contribution in [3.05, 3.63) is 58.1 Å². The van der Waals surface area contributed by atoms with E-state index in [1.807, 2.05) is 13.0 Å². The van der Waals surface area contributed by atoms with Gasteiger partial charge in [0.05, 0.1) is 10.7 Å². The van der Waals surface area contributed by atoms with Crippen LogP contribution in [0.3, 0.4) is 0 Å². The summed E-state index contributed by atoms with van der Waals surface area (Å²) in [5, 5.41) is 12.8. The van der Waals surface area contributed by atoms with E-state index in [0.29, 0.717) is 21.8 Å². The lowest BCUT2D eigenvalue weighted by molar-refractivity contribution is 0.102. The van der Waals surface area contributed by atoms with E-state index < -0.39 is 0 Å². The predicted octanol–water partition coefficient (Wildman–Crippen LogP) is 3.91. The number of rotatable bonds is 2. The molecule has 3 nitrogen and oxygen atoms in total. The topological polar surface area (TPSA) is 49.3 Å². The molecule has 0 aromatic heterocycles. The molecule has 0 spiro atoms. The highest BCUT2D eigenvalue weighted by molar-refractivity contribution is 6.34. The Morgan fingerprint density at radius 3 is 2.63 bits per heavy atom. The van der Waals surface area contributed by atoms with Crippen molar-refractivity contribution in [2.45, 2.75) is 13.8 Å². The third kappa shape index (κ3) is 2.88. The minimum absolute atomic E-state index is 0.0997. The monoisotopic (exact) mass is 275 g/mol. The average Bonchev–Trinajstić information content (AvgIpc) is 2.36. The molecule has 2 aromatic rings. The maximum absolute atomic E-state index is 12.1. The number of amides is 1. The van der Waals surface area contributed by atoms with Crippen molar-refractivity contribution < 1.29 is 9.90 Å². The van der Waals surface area contributed by atoms with Gasteiger partial charge in [0, 0.05) is 11.1 Å². The quantitative estimate of drug-likeness (QED) is 0.873. The van der Waals surface area contributed by atoms with Crippen molar-refractivity contribution in [1.29, 1.82) is 0 Å². The molecule has 2 N–H and O–H groups in total. The molecule has 1 amide bonds. The number of anilines is 1. The van der Waals surface area contributed by atoms with Gasteiger partial charge in [0.2, 0.25) is 0 Å². The van der Waals surface area contributed by atoms with Crippen LogP contribution in [-0.4, -0.2) is 11.0 Å². The van der Waals surface area contributed by atoms with Crippen LogP contribution in [-0.2, 0) is 0 Å². The molecule has 0 radical (unpaired) electrons. The molecule has 0 aliphatic rings. The fraction of sp³-hybridized carbons (Fsp3) is 0.133. The van der Waals surface area contributed by atoms with Crippen LogP contribution >= 0.6 is 11.6 Å². The van der Waals surface area contributed by atoms with Crippen LogP contribution in [0, 0.1) is 13.8 Å². The van der Waals surface area contributed by atoms with Gasteiger partial charge in [0.25, 0.3) is 5.91 Å². The Hall–Kier alpha value is -2.00. The molecule has 98 valence electrons. The lowest BCUT2D eigenvalue weighted by Gasteiger charge is -2.10. The van der Waals surface area contributed by atoms with E-state index in [9.17, 15) is 9.90 Å². The Balaban J connectivity index is 2.28. The highest BCUT2D eigenvalue weighted by Gasteiger charge is 2.12. The van der Waals surface area contributed by atoms with E-state index in [1.54, 1.807) is 37.3 Å². The van der Waals surface area contributed by atoms with E-state index in [0.717, 1.165) is 5.56 Å². The molecule has 0 saturated heterocycles. The van der Waals surface area contributed by atoms with Crippen LogP contribution in [0.15, 0.2) is 36.4 Å². The Morgan fingerprint density at radius 1 is 1.21 bits per heavy atom. The summed E-state index contributed by atoms with van der Waals surface area (Å²) in [5.41, 5.74) is 2.55. The molecule has 0 saturated carbocycles. The number of nitrogens with one attached hydrogen (secondary N) is 1.